The standard InChI is InChI=1S/C21H22O5/c1-14-7-9-16(10-8-14)21(22)26-18-13-25-19-17(12-24-20(18)19)23-11-15-5-3-2-4-6-15/h2-10,17-20H,11-13H2,1H3/t17-,18-,19-,20-/m1/s1. The second-order valence-corrected chi connectivity index (χ2v) is 6.74. The van der Waals surface area contributed by atoms with Gasteiger partial charge in [0.2, 0.25) is 0 Å². The van der Waals surface area contributed by atoms with Gasteiger partial charge in [0.05, 0.1) is 25.4 Å². The lowest BCUT2D eigenvalue weighted by Crippen LogP contribution is -2.35. The highest BCUT2D eigenvalue weighted by molar-refractivity contribution is 5.89. The molecule has 0 saturated carbocycles. The number of hydrogen-bond acceptors (Lipinski definition) is 5. The number of carbonyl (C=O) groups excluding carboxylic acids is 1. The molecule has 4 rings (SSSR count). The summed E-state index contributed by atoms with van der Waals surface area (Å²) < 4.78 is 23.2. The third kappa shape index (κ3) is 3.65. The largest absolute Gasteiger partial charge is 0.453 e. The Bertz CT molecular complexity index is 743. The molecule has 0 unspecified atom stereocenters. The molecule has 0 amide bonds. The van der Waals surface area contributed by atoms with Crippen LogP contribution in [0.3, 0.4) is 0 Å². The number of aryl methyl sites for hydroxylation is 1. The van der Waals surface area contributed by atoms with Crippen LogP contribution in [-0.2, 0) is 25.6 Å². The van der Waals surface area contributed by atoms with Crippen molar-refractivity contribution in [3.05, 3.63) is 71.3 Å². The van der Waals surface area contributed by atoms with Gasteiger partial charge in [0, 0.05) is 0 Å². The molecule has 2 aromatic rings. The van der Waals surface area contributed by atoms with Gasteiger partial charge in [-0.05, 0) is 24.6 Å². The van der Waals surface area contributed by atoms with E-state index in [1.165, 1.54) is 0 Å². The highest BCUT2D eigenvalue weighted by atomic mass is 16.7. The number of esters is 1. The van der Waals surface area contributed by atoms with Crippen LogP contribution in [0.25, 0.3) is 0 Å². The SMILES string of the molecule is Cc1ccc(C(=O)O[C@@H]2CO[C@H]3[C@@H]2OC[C@H]3OCc2ccccc2)cc1. The van der Waals surface area contributed by atoms with Crippen LogP contribution in [0.15, 0.2) is 54.6 Å². The summed E-state index contributed by atoms with van der Waals surface area (Å²) in [6.45, 7) is 3.26. The van der Waals surface area contributed by atoms with Gasteiger partial charge in [-0.25, -0.2) is 4.79 Å². The predicted molar refractivity (Wildman–Crippen MR) is 94.9 cm³/mol. The van der Waals surface area contributed by atoms with Crippen molar-refractivity contribution < 1.29 is 23.7 Å². The first kappa shape index (κ1) is 17.2. The molecule has 0 aromatic heterocycles. The summed E-state index contributed by atoms with van der Waals surface area (Å²) >= 11 is 0. The summed E-state index contributed by atoms with van der Waals surface area (Å²) in [5, 5.41) is 0. The van der Waals surface area contributed by atoms with E-state index in [-0.39, 0.29) is 24.3 Å². The quantitative estimate of drug-likeness (QED) is 0.773. The Balaban J connectivity index is 1.33. The molecule has 2 aliphatic heterocycles. The number of carbonyl (C=O) groups is 1. The van der Waals surface area contributed by atoms with Gasteiger partial charge in [-0.1, -0.05) is 48.0 Å². The van der Waals surface area contributed by atoms with Crippen LogP contribution in [0, 0.1) is 6.92 Å². The molecule has 0 radical (unpaired) electrons. The summed E-state index contributed by atoms with van der Waals surface area (Å²) in [5.41, 5.74) is 2.74. The van der Waals surface area contributed by atoms with Crippen molar-refractivity contribution in [2.45, 2.75) is 37.9 Å². The summed E-state index contributed by atoms with van der Waals surface area (Å²) in [5.74, 6) is -0.350. The highest BCUT2D eigenvalue weighted by Crippen LogP contribution is 2.31. The molecule has 0 N–H and O–H groups in total. The first-order valence-electron chi connectivity index (χ1n) is 8.87. The van der Waals surface area contributed by atoms with Gasteiger partial charge in [0.25, 0.3) is 0 Å². The fourth-order valence-electron chi connectivity index (χ4n) is 3.35. The topological polar surface area (TPSA) is 54.0 Å². The zero-order chi connectivity index (χ0) is 17.9. The Morgan fingerprint density at radius 3 is 2.35 bits per heavy atom. The van der Waals surface area contributed by atoms with Gasteiger partial charge in [0.1, 0.15) is 18.3 Å². The summed E-state index contributed by atoms with van der Waals surface area (Å²) in [7, 11) is 0. The Hall–Kier alpha value is -2.21. The highest BCUT2D eigenvalue weighted by Gasteiger charge is 2.50. The summed E-state index contributed by atoms with van der Waals surface area (Å²) in [6, 6.07) is 17.3. The van der Waals surface area contributed by atoms with Crippen molar-refractivity contribution in [3.8, 4) is 0 Å². The van der Waals surface area contributed by atoms with Crippen molar-refractivity contribution in [1.29, 1.82) is 0 Å². The van der Waals surface area contributed by atoms with Crippen molar-refractivity contribution in [2.24, 2.45) is 0 Å². The maximum absolute atomic E-state index is 12.3. The molecule has 2 heterocycles. The molecular weight excluding hydrogens is 332 g/mol. The molecule has 5 nitrogen and oxygen atoms in total. The molecule has 0 spiro atoms. The Morgan fingerprint density at radius 2 is 1.62 bits per heavy atom. The molecule has 26 heavy (non-hydrogen) atoms. The van der Waals surface area contributed by atoms with Gasteiger partial charge >= 0.3 is 5.97 Å². The molecule has 0 aliphatic carbocycles. The minimum absolute atomic E-state index is 0.150. The van der Waals surface area contributed by atoms with Crippen LogP contribution in [-0.4, -0.2) is 43.6 Å². The van der Waals surface area contributed by atoms with E-state index in [0.717, 1.165) is 11.1 Å². The van der Waals surface area contributed by atoms with Crippen LogP contribution >= 0.6 is 0 Å². The lowest BCUT2D eigenvalue weighted by atomic mass is 10.1. The first-order valence-corrected chi connectivity index (χ1v) is 8.87. The average Bonchev–Trinajstić information content (AvgIpc) is 3.24. The minimum Gasteiger partial charge on any atom is -0.453 e. The molecule has 2 saturated heterocycles. The van der Waals surface area contributed by atoms with Crippen molar-refractivity contribution in [2.75, 3.05) is 13.2 Å². The molecule has 2 aliphatic rings. The van der Waals surface area contributed by atoms with E-state index in [1.807, 2.05) is 49.4 Å². The minimum atomic E-state index is -0.404. The third-order valence-electron chi connectivity index (χ3n) is 4.82. The van der Waals surface area contributed by atoms with E-state index < -0.39 is 6.10 Å². The van der Waals surface area contributed by atoms with E-state index in [2.05, 4.69) is 0 Å². The van der Waals surface area contributed by atoms with Crippen molar-refractivity contribution >= 4 is 5.97 Å². The van der Waals surface area contributed by atoms with E-state index in [9.17, 15) is 4.79 Å². The molecule has 5 heteroatoms. The monoisotopic (exact) mass is 354 g/mol. The van der Waals surface area contributed by atoms with Crippen molar-refractivity contribution in [3.63, 3.8) is 0 Å². The van der Waals surface area contributed by atoms with E-state index in [0.29, 0.717) is 25.4 Å². The van der Waals surface area contributed by atoms with E-state index in [1.54, 1.807) is 12.1 Å². The second-order valence-electron chi connectivity index (χ2n) is 6.74. The fourth-order valence-corrected chi connectivity index (χ4v) is 3.35. The van der Waals surface area contributed by atoms with Gasteiger partial charge in [-0.3, -0.25) is 0 Å². The summed E-state index contributed by atoms with van der Waals surface area (Å²) in [6.07, 6.45) is -1.03. The predicted octanol–water partition coefficient (Wildman–Crippen LogP) is 2.90. The lowest BCUT2D eigenvalue weighted by Gasteiger charge is -2.17. The average molecular weight is 354 g/mol. The number of fused-ring (bicyclic) bond motifs is 1. The number of rotatable bonds is 5. The molecule has 4 atom stereocenters. The van der Waals surface area contributed by atoms with Gasteiger partial charge < -0.3 is 18.9 Å². The van der Waals surface area contributed by atoms with Gasteiger partial charge in [-0.15, -0.1) is 0 Å². The second kappa shape index (κ2) is 7.58. The number of benzene rings is 2. The maximum Gasteiger partial charge on any atom is 0.338 e. The van der Waals surface area contributed by atoms with Crippen LogP contribution in [0.1, 0.15) is 21.5 Å². The fraction of sp³-hybridized carbons (Fsp3) is 0.381. The van der Waals surface area contributed by atoms with Crippen LogP contribution in [0.5, 0.6) is 0 Å². The van der Waals surface area contributed by atoms with Gasteiger partial charge in [-0.2, -0.15) is 0 Å². The van der Waals surface area contributed by atoms with Crippen LogP contribution < -0.4 is 0 Å². The lowest BCUT2D eigenvalue weighted by molar-refractivity contribution is -0.0471. The third-order valence-corrected chi connectivity index (χ3v) is 4.82. The van der Waals surface area contributed by atoms with Crippen molar-refractivity contribution in [1.82, 2.24) is 0 Å². The molecule has 136 valence electrons. The Morgan fingerprint density at radius 1 is 0.962 bits per heavy atom. The zero-order valence-electron chi connectivity index (χ0n) is 14.7. The Kier molecular flexibility index (Phi) is 5.02. The zero-order valence-corrected chi connectivity index (χ0v) is 14.7. The molecule has 2 fully saturated rings. The Labute approximate surface area is 152 Å². The molecular formula is C21H22O5. The van der Waals surface area contributed by atoms with E-state index in [4.69, 9.17) is 18.9 Å². The number of hydrogen-bond donors (Lipinski definition) is 0. The normalized spacial score (nSPS) is 27.3. The maximum atomic E-state index is 12.3. The first-order chi connectivity index (χ1) is 12.7. The number of ether oxygens (including phenoxy) is 4. The van der Waals surface area contributed by atoms with Crippen LogP contribution in [0.2, 0.25) is 0 Å². The molecule has 2 aromatic carbocycles. The smallest absolute Gasteiger partial charge is 0.338 e. The van der Waals surface area contributed by atoms with Gasteiger partial charge in [0.15, 0.2) is 6.10 Å². The molecule has 0 bridgehead atoms. The van der Waals surface area contributed by atoms with E-state index >= 15 is 0 Å². The summed E-state index contributed by atoms with van der Waals surface area (Å²) in [4.78, 5) is 12.3. The van der Waals surface area contributed by atoms with Crippen LogP contribution in [0.4, 0.5) is 0 Å².